The van der Waals surface area contributed by atoms with Crippen LogP contribution in [0.25, 0.3) is 55.6 Å². The number of ketones is 1. The number of nitrogens with zero attached hydrogens (tertiary/aromatic N) is 7. The molecule has 25 heteroatoms. The minimum absolute atomic E-state index is 0.0347. The number of rotatable bonds is 26. The van der Waals surface area contributed by atoms with Crippen molar-refractivity contribution >= 4 is 93.3 Å². The van der Waals surface area contributed by atoms with Crippen molar-refractivity contribution in [3.8, 4) is 55.6 Å². The van der Waals surface area contributed by atoms with Gasteiger partial charge in [-0.25, -0.2) is 0 Å². The molecule has 5 heterocycles. The predicted octanol–water partition coefficient (Wildman–Crippen LogP) is 21.2. The number of Topliss-reactive ketones (excluding diaryl/α,β-unsaturated/α-hetero) is 1. The van der Waals surface area contributed by atoms with Crippen molar-refractivity contribution in [1.29, 1.82) is 0 Å². The van der Waals surface area contributed by atoms with Gasteiger partial charge in [0.2, 0.25) is 0 Å². The van der Waals surface area contributed by atoms with Crippen LogP contribution in [0.15, 0.2) is 261 Å². The molecule has 676 valence electrons. The quantitative estimate of drug-likeness (QED) is 0.0534. The van der Waals surface area contributed by atoms with Crippen LogP contribution in [-0.2, 0) is 79.2 Å². The Morgan fingerprint density at radius 1 is 0.385 bits per heavy atom. The average Bonchev–Trinajstić information content (AvgIpc) is 0.826. The minimum Gasteiger partial charge on any atom is -0.381 e. The summed E-state index contributed by atoms with van der Waals surface area (Å²) in [5.41, 5.74) is 20.7. The van der Waals surface area contributed by atoms with Gasteiger partial charge in [-0.3, -0.25) is 38.7 Å². The first kappa shape index (κ1) is 99.3. The van der Waals surface area contributed by atoms with Crippen LogP contribution in [0.5, 0.6) is 0 Å². The van der Waals surface area contributed by atoms with E-state index in [1.54, 1.807) is 84.3 Å². The minimum atomic E-state index is -0.0935. The van der Waals surface area contributed by atoms with Crippen LogP contribution in [0.2, 0.25) is 25.1 Å². The lowest BCUT2D eigenvalue weighted by Crippen LogP contribution is -2.47. The Hall–Kier alpha value is -11.3. The van der Waals surface area contributed by atoms with E-state index in [2.05, 4.69) is 27.2 Å². The number of carbonyl (C=O) groups is 6. The Bertz CT molecular complexity index is 5700. The van der Waals surface area contributed by atoms with Crippen LogP contribution in [0.4, 0.5) is 0 Å². The first-order chi connectivity index (χ1) is 63.0. The highest BCUT2D eigenvalue weighted by Crippen LogP contribution is 2.35. The molecular weight excluding hydrogens is 1740 g/mol. The summed E-state index contributed by atoms with van der Waals surface area (Å²) in [6.45, 7) is 9.08. The lowest BCUT2D eigenvalue weighted by atomic mass is 9.97. The number of pyridine rings is 2. The van der Waals surface area contributed by atoms with Gasteiger partial charge >= 0.3 is 0 Å². The van der Waals surface area contributed by atoms with Gasteiger partial charge in [0.25, 0.3) is 29.5 Å². The number of methoxy groups -OCH3 is 6. The molecule has 130 heavy (non-hydrogen) atoms. The largest absolute Gasteiger partial charge is 0.381 e. The number of ether oxygens (including phenoxy) is 6. The summed E-state index contributed by atoms with van der Waals surface area (Å²) in [7, 11) is 13.9. The van der Waals surface area contributed by atoms with E-state index in [1.165, 1.54) is 0 Å². The number of hydrogen-bond acceptors (Lipinski definition) is 15. The molecule has 10 aromatic carbocycles. The standard InChI is InChI=1S/2C22H21ClN2O2.C21H24ClNO3.C20H23ClN2O2.C20H20ClNO3/c1-27-15-19-14-18(4-7-21(19)17-2-5-20(23)6-3-17)22(26)25-13-10-16-8-11-24-12-9-16;1-25(14-16-4-3-11-24-13-16)22(26)18-7-10-21(19(12-18)15-27-2)17-5-8-20(23)9-6-17;1-25-14-17-13-16(21(24)23-11-9-19(26-2)10-12-23)5-8-20(17)15-3-6-18(22)7-4-15;1-22-9-11-23(12-10-22)20(24)16-5-8-19(17(13-16)14-25-2)15-3-6-18(21)7-4-15;1-25-13-16-12-15(20(24)22-10-8-18(23)9-11-22)4-7-19(16)14-2-5-17(21)6-3-14/h2-9,11-12,14H,10,13,15H2,1H3,(H,25,26);3-13H,14-15H2,1-2H3;3-8,13,19H,9-12,14H2,1-2H3;3-8,13H,9-12,14H2,1-2H3;2-7,12H,8-11,13H2,1H3. The van der Waals surface area contributed by atoms with Crippen molar-refractivity contribution in [2.24, 2.45) is 0 Å². The lowest BCUT2D eigenvalue weighted by Gasteiger charge is -2.32. The van der Waals surface area contributed by atoms with Crippen LogP contribution < -0.4 is 5.32 Å². The number of piperazine rings is 1. The van der Waals surface area contributed by atoms with Crippen LogP contribution in [-0.4, -0.2) is 192 Å². The fraction of sp³-hybridized carbons (Fsp3) is 0.276. The number of benzene rings is 10. The van der Waals surface area contributed by atoms with Crippen molar-refractivity contribution < 1.29 is 57.2 Å². The second-order valence-electron chi connectivity index (χ2n) is 31.6. The van der Waals surface area contributed by atoms with Crippen LogP contribution in [0.1, 0.15) is 116 Å². The normalized spacial score (nSPS) is 13.2. The first-order valence-corrected chi connectivity index (χ1v) is 44.7. The molecule has 0 spiro atoms. The third-order valence-electron chi connectivity index (χ3n) is 22.5. The number of likely N-dealkylation sites (tertiary alicyclic amines) is 2. The van der Waals surface area contributed by atoms with Gasteiger partial charge in [-0.15, -0.1) is 0 Å². The third-order valence-corrected chi connectivity index (χ3v) is 23.7. The van der Waals surface area contributed by atoms with E-state index in [0.29, 0.717) is 125 Å². The number of amides is 5. The first-order valence-electron chi connectivity index (χ1n) is 42.9. The van der Waals surface area contributed by atoms with Gasteiger partial charge in [0, 0.05) is 206 Å². The van der Waals surface area contributed by atoms with Crippen molar-refractivity contribution in [2.45, 2.75) is 77.8 Å². The van der Waals surface area contributed by atoms with Crippen molar-refractivity contribution in [1.82, 2.24) is 39.8 Å². The Labute approximate surface area is 787 Å². The van der Waals surface area contributed by atoms with Crippen LogP contribution in [0, 0.1) is 0 Å². The highest BCUT2D eigenvalue weighted by molar-refractivity contribution is 6.32. The highest BCUT2D eigenvalue weighted by atomic mass is 35.5. The van der Waals surface area contributed by atoms with Gasteiger partial charge in [0.15, 0.2) is 0 Å². The van der Waals surface area contributed by atoms with Crippen molar-refractivity contribution in [3.63, 3.8) is 0 Å². The van der Waals surface area contributed by atoms with Crippen LogP contribution in [0.3, 0.4) is 0 Å². The average molecular weight is 1850 g/mol. The summed E-state index contributed by atoms with van der Waals surface area (Å²) in [6.07, 6.45) is 10.7. The van der Waals surface area contributed by atoms with E-state index < -0.39 is 0 Å². The monoisotopic (exact) mass is 1850 g/mol. The maximum Gasteiger partial charge on any atom is 0.253 e. The summed E-state index contributed by atoms with van der Waals surface area (Å²) in [5.74, 6) is 0.213. The summed E-state index contributed by atoms with van der Waals surface area (Å²) in [5, 5.41) is 6.44. The topological polar surface area (TPSA) is 212 Å². The molecule has 3 aliphatic rings. The Morgan fingerprint density at radius 3 is 1.06 bits per heavy atom. The summed E-state index contributed by atoms with van der Waals surface area (Å²) >= 11 is 29.9. The molecule has 0 atom stereocenters. The van der Waals surface area contributed by atoms with E-state index in [0.717, 1.165) is 153 Å². The zero-order valence-electron chi connectivity index (χ0n) is 74.5. The third kappa shape index (κ3) is 28.8. The number of carbonyl (C=O) groups excluding carboxylic acids is 6. The molecule has 0 bridgehead atoms. The second-order valence-corrected chi connectivity index (χ2v) is 33.8. The van der Waals surface area contributed by atoms with Gasteiger partial charge in [0.05, 0.1) is 39.1 Å². The summed E-state index contributed by atoms with van der Waals surface area (Å²) in [4.78, 5) is 92.7. The van der Waals surface area contributed by atoms with Gasteiger partial charge < -0.3 is 58.2 Å². The number of piperidine rings is 2. The fourth-order valence-corrected chi connectivity index (χ4v) is 16.0. The van der Waals surface area contributed by atoms with E-state index in [-0.39, 0.29) is 41.4 Å². The number of nitrogens with one attached hydrogen (secondary N) is 1. The molecule has 3 aliphatic heterocycles. The van der Waals surface area contributed by atoms with Gasteiger partial charge in [0.1, 0.15) is 5.78 Å². The molecule has 12 aromatic rings. The predicted molar refractivity (Wildman–Crippen MR) is 518 cm³/mol. The lowest BCUT2D eigenvalue weighted by molar-refractivity contribution is -0.120. The molecular formula is C105H109Cl5N8O12. The smallest absolute Gasteiger partial charge is 0.253 e. The van der Waals surface area contributed by atoms with Gasteiger partial charge in [-0.1, -0.05) is 155 Å². The van der Waals surface area contributed by atoms with E-state index in [9.17, 15) is 28.8 Å². The maximum atomic E-state index is 12.9. The van der Waals surface area contributed by atoms with E-state index >= 15 is 0 Å². The Kier molecular flexibility index (Phi) is 38.8. The maximum absolute atomic E-state index is 12.9. The second kappa shape index (κ2) is 50.8. The SMILES string of the molecule is COCc1cc(C(=O)N(C)Cc2cccnc2)ccc1-c1ccc(Cl)cc1.COCc1cc(C(=O)N2CCC(=O)CC2)ccc1-c1ccc(Cl)cc1.COCc1cc(C(=O)N2CCC(OC)CC2)ccc1-c1ccc(Cl)cc1.COCc1cc(C(=O)N2CCN(C)CC2)ccc1-c1ccc(Cl)cc1.COCc1cc(C(=O)NCCc2ccncc2)ccc1-c1ccc(Cl)cc1. The molecule has 0 radical (unpaired) electrons. The molecule has 20 nitrogen and oxygen atoms in total. The Morgan fingerprint density at radius 2 is 0.715 bits per heavy atom. The van der Waals surface area contributed by atoms with E-state index in [1.807, 2.05) is 246 Å². The zero-order valence-corrected chi connectivity index (χ0v) is 78.2. The molecule has 15 rings (SSSR count). The van der Waals surface area contributed by atoms with Crippen LogP contribution >= 0.6 is 58.0 Å². The molecule has 0 aliphatic carbocycles. The molecule has 2 aromatic heterocycles. The van der Waals surface area contributed by atoms with Crippen molar-refractivity contribution in [2.75, 3.05) is 116 Å². The number of likely N-dealkylation sites (N-methyl/N-ethyl adjacent to an activating group) is 1. The molecule has 1 N–H and O–H groups in total. The zero-order chi connectivity index (χ0) is 92.4. The summed E-state index contributed by atoms with van der Waals surface area (Å²) in [6, 6.07) is 74.7. The molecule has 0 saturated carbocycles. The number of aromatic nitrogens is 2. The van der Waals surface area contributed by atoms with Crippen molar-refractivity contribution in [3.05, 3.63) is 353 Å². The molecule has 3 saturated heterocycles. The number of halogens is 5. The molecule has 0 unspecified atom stereocenters. The van der Waals surface area contributed by atoms with Gasteiger partial charge in [-0.05, 0) is 260 Å². The summed E-state index contributed by atoms with van der Waals surface area (Å²) < 4.78 is 32.1. The van der Waals surface area contributed by atoms with Gasteiger partial charge in [-0.2, -0.15) is 0 Å². The van der Waals surface area contributed by atoms with E-state index in [4.69, 9.17) is 86.4 Å². The fourth-order valence-electron chi connectivity index (χ4n) is 15.4. The highest BCUT2D eigenvalue weighted by Gasteiger charge is 2.28. The molecule has 3 fully saturated rings. The number of hydrogen-bond donors (Lipinski definition) is 1. The Balaban J connectivity index is 0.000000157. The molecule has 5 amide bonds.